The predicted octanol–water partition coefficient (Wildman–Crippen LogP) is 7.06. The molecule has 0 aliphatic heterocycles. The molecule has 0 amide bonds. The van der Waals surface area contributed by atoms with Gasteiger partial charge < -0.3 is 15.0 Å². The average Bonchev–Trinajstić information content (AvgIpc) is 3.09. The first-order valence-corrected chi connectivity index (χ1v) is 12.0. The summed E-state index contributed by atoms with van der Waals surface area (Å²) in [6.07, 6.45) is 5.90. The molecule has 0 spiro atoms. The number of fused-ring (bicyclic) bond motifs is 1. The number of nitrogens with zero attached hydrogens (tertiary/aromatic N) is 2. The summed E-state index contributed by atoms with van der Waals surface area (Å²) in [4.78, 5) is 8.00. The number of ether oxygens (including phenoxy) is 1. The summed E-state index contributed by atoms with van der Waals surface area (Å²) < 4.78 is 19.0. The number of hydrogen-bond donors (Lipinski definition) is 2. The highest BCUT2D eigenvalue weighted by Crippen LogP contribution is 2.40. The van der Waals surface area contributed by atoms with Crippen molar-refractivity contribution in [2.75, 3.05) is 23.9 Å². The maximum absolute atomic E-state index is 13.4. The van der Waals surface area contributed by atoms with E-state index in [0.717, 1.165) is 53.4 Å². The SMILES string of the molecule is C=CN(CC(=N)Cl)c1ccc(Nc2nc3c(s2)CCCCC3c2ccc(F)cc2)cc1OC. The predicted molar refractivity (Wildman–Crippen MR) is 135 cm³/mol. The maximum atomic E-state index is 13.4. The summed E-state index contributed by atoms with van der Waals surface area (Å²) in [7, 11) is 1.61. The van der Waals surface area contributed by atoms with E-state index in [2.05, 4.69) is 11.9 Å². The number of nitrogens with one attached hydrogen (secondary N) is 2. The van der Waals surface area contributed by atoms with Crippen LogP contribution in [0.1, 0.15) is 41.3 Å². The van der Waals surface area contributed by atoms with E-state index in [4.69, 9.17) is 26.7 Å². The highest BCUT2D eigenvalue weighted by atomic mass is 35.5. The van der Waals surface area contributed by atoms with E-state index in [-0.39, 0.29) is 23.5 Å². The number of aryl methyl sites for hydroxylation is 1. The van der Waals surface area contributed by atoms with Crippen LogP contribution in [0.2, 0.25) is 0 Å². The number of halogens is 2. The monoisotopic (exact) mass is 484 g/mol. The third-order valence-electron chi connectivity index (χ3n) is 5.75. The van der Waals surface area contributed by atoms with Gasteiger partial charge in [-0.05, 0) is 55.3 Å². The molecule has 0 fully saturated rings. The summed E-state index contributed by atoms with van der Waals surface area (Å²) in [5, 5.41) is 11.8. The van der Waals surface area contributed by atoms with Crippen LogP contribution in [0.5, 0.6) is 5.75 Å². The molecule has 0 saturated carbocycles. The number of rotatable bonds is 8. The Hall–Kier alpha value is -2.90. The van der Waals surface area contributed by atoms with E-state index >= 15 is 0 Å². The van der Waals surface area contributed by atoms with Gasteiger partial charge in [-0.25, -0.2) is 9.37 Å². The van der Waals surface area contributed by atoms with Crippen molar-refractivity contribution < 1.29 is 9.13 Å². The number of benzene rings is 2. The van der Waals surface area contributed by atoms with Gasteiger partial charge in [0.25, 0.3) is 0 Å². The molecule has 0 saturated heterocycles. The lowest BCUT2D eigenvalue weighted by molar-refractivity contribution is 0.415. The van der Waals surface area contributed by atoms with Crippen molar-refractivity contribution in [3.05, 3.63) is 77.2 Å². The second-order valence-electron chi connectivity index (χ2n) is 7.90. The molecule has 5 nitrogen and oxygen atoms in total. The maximum Gasteiger partial charge on any atom is 0.187 e. The Morgan fingerprint density at radius 2 is 2.12 bits per heavy atom. The number of hydrogen-bond acceptors (Lipinski definition) is 6. The van der Waals surface area contributed by atoms with Gasteiger partial charge in [-0.2, -0.15) is 0 Å². The Balaban J connectivity index is 1.60. The lowest BCUT2D eigenvalue weighted by atomic mass is 9.92. The molecular weight excluding hydrogens is 459 g/mol. The van der Waals surface area contributed by atoms with Crippen molar-refractivity contribution >= 4 is 44.6 Å². The van der Waals surface area contributed by atoms with Crippen LogP contribution in [0.3, 0.4) is 0 Å². The van der Waals surface area contributed by atoms with Gasteiger partial charge in [-0.1, -0.05) is 36.7 Å². The minimum Gasteiger partial charge on any atom is -0.494 e. The molecule has 1 unspecified atom stereocenters. The summed E-state index contributed by atoms with van der Waals surface area (Å²) in [6.45, 7) is 4.03. The van der Waals surface area contributed by atoms with Crippen molar-refractivity contribution in [1.29, 1.82) is 5.41 Å². The summed E-state index contributed by atoms with van der Waals surface area (Å²) in [5.74, 6) is 0.600. The fraction of sp³-hybridized carbons (Fsp3) is 0.280. The number of methoxy groups -OCH3 is 1. The lowest BCUT2D eigenvalue weighted by Crippen LogP contribution is -2.21. The van der Waals surface area contributed by atoms with E-state index < -0.39 is 0 Å². The van der Waals surface area contributed by atoms with E-state index in [9.17, 15) is 4.39 Å². The molecule has 1 heterocycles. The van der Waals surface area contributed by atoms with Crippen LogP contribution < -0.4 is 15.0 Å². The Labute approximate surface area is 202 Å². The standard InChI is InChI=1S/C25H26ClFN4OS/c1-3-31(15-23(26)28)20-13-12-18(14-21(20)32-2)29-25-30-24-19(6-4-5-7-22(24)33-25)16-8-10-17(27)11-9-16/h3,8-14,19,28H,1,4-7,15H2,2H3,(H,29,30). The Kier molecular flexibility index (Phi) is 7.30. The van der Waals surface area contributed by atoms with Crippen LogP contribution in [0.25, 0.3) is 0 Å². The largest absolute Gasteiger partial charge is 0.494 e. The minimum absolute atomic E-state index is 0.0131. The lowest BCUT2D eigenvalue weighted by Gasteiger charge is -2.22. The molecule has 172 valence electrons. The van der Waals surface area contributed by atoms with Crippen molar-refractivity contribution in [2.24, 2.45) is 0 Å². The molecule has 1 atom stereocenters. The fourth-order valence-corrected chi connectivity index (χ4v) is 5.39. The first-order valence-electron chi connectivity index (χ1n) is 10.8. The third kappa shape index (κ3) is 5.37. The minimum atomic E-state index is -0.219. The van der Waals surface area contributed by atoms with Gasteiger partial charge in [0.2, 0.25) is 0 Å². The summed E-state index contributed by atoms with van der Waals surface area (Å²) in [5.41, 5.74) is 3.82. The summed E-state index contributed by atoms with van der Waals surface area (Å²) >= 11 is 7.45. The van der Waals surface area contributed by atoms with Gasteiger partial charge in [-0.15, -0.1) is 11.3 Å². The van der Waals surface area contributed by atoms with E-state index in [1.807, 2.05) is 30.3 Å². The summed E-state index contributed by atoms with van der Waals surface area (Å²) in [6, 6.07) is 12.5. The van der Waals surface area contributed by atoms with E-state index in [0.29, 0.717) is 5.75 Å². The Morgan fingerprint density at radius 3 is 2.82 bits per heavy atom. The quantitative estimate of drug-likeness (QED) is 0.265. The zero-order chi connectivity index (χ0) is 23.4. The topological polar surface area (TPSA) is 61.2 Å². The van der Waals surface area contributed by atoms with Gasteiger partial charge >= 0.3 is 0 Å². The van der Waals surface area contributed by atoms with Crippen LogP contribution in [-0.4, -0.2) is 23.8 Å². The molecule has 1 aliphatic carbocycles. The van der Waals surface area contributed by atoms with Crippen LogP contribution in [0.15, 0.2) is 55.2 Å². The molecule has 3 aromatic rings. The van der Waals surface area contributed by atoms with Crippen LogP contribution in [0.4, 0.5) is 20.9 Å². The molecule has 2 N–H and O–H groups in total. The van der Waals surface area contributed by atoms with Crippen molar-refractivity contribution in [3.63, 3.8) is 0 Å². The average molecular weight is 485 g/mol. The van der Waals surface area contributed by atoms with Gasteiger partial charge in [0.1, 0.15) is 16.7 Å². The highest BCUT2D eigenvalue weighted by molar-refractivity contribution is 7.15. The Morgan fingerprint density at radius 1 is 1.33 bits per heavy atom. The fourth-order valence-electron chi connectivity index (χ4n) is 4.17. The van der Waals surface area contributed by atoms with Gasteiger partial charge in [0.05, 0.1) is 25.0 Å². The second kappa shape index (κ2) is 10.4. The van der Waals surface area contributed by atoms with Gasteiger partial charge in [0, 0.05) is 22.5 Å². The van der Waals surface area contributed by atoms with Crippen molar-refractivity contribution in [3.8, 4) is 5.75 Å². The first-order chi connectivity index (χ1) is 16.0. The number of aromatic nitrogens is 1. The van der Waals surface area contributed by atoms with Crippen LogP contribution >= 0.6 is 22.9 Å². The number of thiazole rings is 1. The van der Waals surface area contributed by atoms with E-state index in [1.54, 1.807) is 29.5 Å². The van der Waals surface area contributed by atoms with E-state index in [1.165, 1.54) is 17.0 Å². The molecule has 1 aliphatic rings. The third-order valence-corrected chi connectivity index (χ3v) is 6.91. The molecule has 0 radical (unpaired) electrons. The second-order valence-corrected chi connectivity index (χ2v) is 9.44. The first kappa shape index (κ1) is 23.3. The zero-order valence-electron chi connectivity index (χ0n) is 18.4. The molecule has 2 aromatic carbocycles. The smallest absolute Gasteiger partial charge is 0.187 e. The molecule has 1 aromatic heterocycles. The van der Waals surface area contributed by atoms with Gasteiger partial charge in [-0.3, -0.25) is 5.41 Å². The highest BCUT2D eigenvalue weighted by Gasteiger charge is 2.25. The van der Waals surface area contributed by atoms with Gasteiger partial charge in [0.15, 0.2) is 5.13 Å². The molecule has 4 rings (SSSR count). The van der Waals surface area contributed by atoms with Crippen LogP contribution in [0, 0.1) is 11.2 Å². The molecular formula is C25H26ClFN4OS. The van der Waals surface area contributed by atoms with Crippen molar-refractivity contribution in [2.45, 2.75) is 31.6 Å². The normalized spacial score (nSPS) is 15.3. The Bertz CT molecular complexity index is 1150. The number of anilines is 3. The molecule has 0 bridgehead atoms. The molecule has 33 heavy (non-hydrogen) atoms. The van der Waals surface area contributed by atoms with Crippen molar-refractivity contribution in [1.82, 2.24) is 4.98 Å². The molecule has 8 heteroatoms. The zero-order valence-corrected chi connectivity index (χ0v) is 20.0. The van der Waals surface area contributed by atoms with Crippen LogP contribution in [-0.2, 0) is 6.42 Å².